The third-order valence-electron chi connectivity index (χ3n) is 7.62. The van der Waals surface area contributed by atoms with Gasteiger partial charge < -0.3 is 24.8 Å². The van der Waals surface area contributed by atoms with E-state index in [4.69, 9.17) is 9.47 Å². The summed E-state index contributed by atoms with van der Waals surface area (Å²) >= 11 is 0. The van der Waals surface area contributed by atoms with Crippen LogP contribution in [0, 0.1) is 5.92 Å². The molecule has 2 N–H and O–H groups in total. The number of para-hydroxylation sites is 2. The minimum atomic E-state index is -0.938. The topological polar surface area (TPSA) is 106 Å². The number of carbonyl (C=O) groups is 2. The zero-order chi connectivity index (χ0) is 29.5. The van der Waals surface area contributed by atoms with Gasteiger partial charge in [0, 0.05) is 18.3 Å². The standard InChI is InChI=1S/C33H40N4O5/c1-33(2,40)23-36-18-17-30(35-36)34-32(39)27(19-24-11-5-3-6-12-24)37-21-26(20-31(37)38)42-29-16-10-9-15-28(29)41-22-25-13-7-4-8-14-25/h4,7-10,13-18,20,24,27,40H,3,5-6,11-12,19,21-23H2,1-2H3,(H,34,35,39). The molecule has 1 unspecified atom stereocenters. The second-order valence-corrected chi connectivity index (χ2v) is 11.9. The van der Waals surface area contributed by atoms with Crippen LogP contribution in [0.1, 0.15) is 57.9 Å². The molecule has 3 aromatic rings. The van der Waals surface area contributed by atoms with Gasteiger partial charge in [0.2, 0.25) is 5.91 Å². The Bertz CT molecular complexity index is 1390. The maximum absolute atomic E-state index is 13.7. The SMILES string of the molecule is CC(C)(O)Cn1ccc(NC(=O)C(CC2CCCCC2)N2CC(Oc3ccccc3OCc3ccccc3)=CC2=O)n1. The Morgan fingerprint density at radius 3 is 2.50 bits per heavy atom. The lowest BCUT2D eigenvalue weighted by molar-refractivity contribution is -0.134. The number of anilines is 1. The minimum Gasteiger partial charge on any atom is -0.485 e. The van der Waals surface area contributed by atoms with Gasteiger partial charge in [0.05, 0.1) is 18.7 Å². The van der Waals surface area contributed by atoms with Crippen molar-refractivity contribution in [3.8, 4) is 11.5 Å². The largest absolute Gasteiger partial charge is 0.485 e. The molecule has 1 saturated carbocycles. The molecule has 1 fully saturated rings. The first-order valence-electron chi connectivity index (χ1n) is 14.7. The van der Waals surface area contributed by atoms with Crippen LogP contribution in [-0.2, 0) is 22.7 Å². The molecule has 2 aliphatic rings. The number of carbonyl (C=O) groups excluding carboxylic acids is 2. The lowest BCUT2D eigenvalue weighted by atomic mass is 9.84. The molecule has 1 aromatic heterocycles. The van der Waals surface area contributed by atoms with Gasteiger partial charge in [-0.3, -0.25) is 14.3 Å². The zero-order valence-corrected chi connectivity index (χ0v) is 24.4. The van der Waals surface area contributed by atoms with Crippen molar-refractivity contribution < 1.29 is 24.2 Å². The molecule has 2 heterocycles. The summed E-state index contributed by atoms with van der Waals surface area (Å²) in [5.41, 5.74) is 0.0988. The van der Waals surface area contributed by atoms with Crippen LogP contribution in [0.2, 0.25) is 0 Å². The number of nitrogens with zero attached hydrogens (tertiary/aromatic N) is 3. The predicted molar refractivity (Wildman–Crippen MR) is 160 cm³/mol. The molecule has 5 rings (SSSR count). The van der Waals surface area contributed by atoms with Gasteiger partial charge in [0.25, 0.3) is 5.91 Å². The molecule has 1 atom stereocenters. The van der Waals surface area contributed by atoms with E-state index >= 15 is 0 Å². The van der Waals surface area contributed by atoms with E-state index < -0.39 is 11.6 Å². The molecule has 9 nitrogen and oxygen atoms in total. The van der Waals surface area contributed by atoms with Crippen LogP contribution < -0.4 is 14.8 Å². The number of hydrogen-bond acceptors (Lipinski definition) is 6. The molecule has 0 saturated heterocycles. The third-order valence-corrected chi connectivity index (χ3v) is 7.62. The first kappa shape index (κ1) is 29.4. The summed E-state index contributed by atoms with van der Waals surface area (Å²) in [5.74, 6) is 1.78. The highest BCUT2D eigenvalue weighted by Crippen LogP contribution is 2.33. The number of ether oxygens (including phenoxy) is 2. The van der Waals surface area contributed by atoms with Crippen molar-refractivity contribution in [2.45, 2.75) is 77.2 Å². The lowest BCUT2D eigenvalue weighted by Gasteiger charge is -2.31. The van der Waals surface area contributed by atoms with Gasteiger partial charge in [0.15, 0.2) is 17.3 Å². The Balaban J connectivity index is 1.27. The monoisotopic (exact) mass is 572 g/mol. The molecule has 42 heavy (non-hydrogen) atoms. The number of aliphatic hydroxyl groups is 1. The Morgan fingerprint density at radius 2 is 1.76 bits per heavy atom. The maximum Gasteiger partial charge on any atom is 0.251 e. The zero-order valence-electron chi connectivity index (χ0n) is 24.4. The predicted octanol–water partition coefficient (Wildman–Crippen LogP) is 5.32. The quantitative estimate of drug-likeness (QED) is 0.305. The van der Waals surface area contributed by atoms with E-state index in [2.05, 4.69) is 10.4 Å². The highest BCUT2D eigenvalue weighted by atomic mass is 16.5. The van der Waals surface area contributed by atoms with Crippen LogP contribution in [0.4, 0.5) is 5.82 Å². The van der Waals surface area contributed by atoms with E-state index in [-0.39, 0.29) is 18.4 Å². The van der Waals surface area contributed by atoms with E-state index in [1.165, 1.54) is 12.5 Å². The minimum absolute atomic E-state index is 0.184. The van der Waals surface area contributed by atoms with Gasteiger partial charge in [-0.25, -0.2) is 0 Å². The lowest BCUT2D eigenvalue weighted by Crippen LogP contribution is -2.46. The van der Waals surface area contributed by atoms with Crippen LogP contribution in [0.3, 0.4) is 0 Å². The molecule has 0 spiro atoms. The fourth-order valence-electron chi connectivity index (χ4n) is 5.60. The Morgan fingerprint density at radius 1 is 1.05 bits per heavy atom. The normalized spacial score (nSPS) is 16.7. The van der Waals surface area contributed by atoms with Crippen molar-refractivity contribution in [1.29, 1.82) is 0 Å². The molecular formula is C33H40N4O5. The summed E-state index contributed by atoms with van der Waals surface area (Å²) in [6, 6.07) is 18.3. The Kier molecular flexibility index (Phi) is 9.27. The van der Waals surface area contributed by atoms with E-state index in [1.54, 1.807) is 35.7 Å². The van der Waals surface area contributed by atoms with Gasteiger partial charge >= 0.3 is 0 Å². The molecule has 2 aromatic carbocycles. The average molecular weight is 573 g/mol. The van der Waals surface area contributed by atoms with Gasteiger partial charge in [0.1, 0.15) is 18.4 Å². The fourth-order valence-corrected chi connectivity index (χ4v) is 5.60. The first-order chi connectivity index (χ1) is 20.2. The van der Waals surface area contributed by atoms with Crippen molar-refractivity contribution in [2.75, 3.05) is 11.9 Å². The maximum atomic E-state index is 13.7. The van der Waals surface area contributed by atoms with Gasteiger partial charge in [-0.15, -0.1) is 0 Å². The highest BCUT2D eigenvalue weighted by Gasteiger charge is 2.36. The molecular weight excluding hydrogens is 532 g/mol. The van der Waals surface area contributed by atoms with Gasteiger partial charge in [-0.1, -0.05) is 74.6 Å². The molecule has 222 valence electrons. The number of benzene rings is 2. The molecule has 1 aliphatic carbocycles. The van der Waals surface area contributed by atoms with E-state index in [9.17, 15) is 14.7 Å². The first-order valence-corrected chi connectivity index (χ1v) is 14.7. The van der Waals surface area contributed by atoms with E-state index in [0.29, 0.717) is 48.6 Å². The van der Waals surface area contributed by atoms with Crippen LogP contribution in [-0.4, -0.2) is 49.8 Å². The summed E-state index contributed by atoms with van der Waals surface area (Å²) in [7, 11) is 0. The van der Waals surface area contributed by atoms with Crippen LogP contribution in [0.25, 0.3) is 0 Å². The molecule has 0 bridgehead atoms. The Hall–Kier alpha value is -4.11. The summed E-state index contributed by atoms with van der Waals surface area (Å²) in [6.45, 7) is 4.27. The summed E-state index contributed by atoms with van der Waals surface area (Å²) in [5, 5.41) is 17.4. The Labute approximate surface area is 247 Å². The fraction of sp³-hybridized carbons (Fsp3) is 0.424. The average Bonchev–Trinajstić information content (AvgIpc) is 3.56. The van der Waals surface area contributed by atoms with E-state index in [0.717, 1.165) is 31.2 Å². The number of nitrogens with one attached hydrogen (secondary N) is 1. The highest BCUT2D eigenvalue weighted by molar-refractivity contribution is 5.99. The molecule has 2 amide bonds. The second kappa shape index (κ2) is 13.2. The molecule has 9 heteroatoms. The van der Waals surface area contributed by atoms with Crippen LogP contribution >= 0.6 is 0 Å². The van der Waals surface area contributed by atoms with Crippen molar-refractivity contribution in [1.82, 2.24) is 14.7 Å². The van der Waals surface area contributed by atoms with Crippen molar-refractivity contribution in [2.24, 2.45) is 5.92 Å². The molecule has 1 aliphatic heterocycles. The summed E-state index contributed by atoms with van der Waals surface area (Å²) in [4.78, 5) is 28.5. The van der Waals surface area contributed by atoms with Crippen LogP contribution in [0.5, 0.6) is 11.5 Å². The van der Waals surface area contributed by atoms with Gasteiger partial charge in [-0.2, -0.15) is 5.10 Å². The number of rotatable bonds is 12. The summed E-state index contributed by atoms with van der Waals surface area (Å²) < 4.78 is 13.8. The number of amides is 2. The van der Waals surface area contributed by atoms with E-state index in [1.807, 2.05) is 54.6 Å². The summed E-state index contributed by atoms with van der Waals surface area (Å²) in [6.07, 6.45) is 9.35. The van der Waals surface area contributed by atoms with Gasteiger partial charge in [-0.05, 0) is 43.9 Å². The third kappa shape index (κ3) is 8.00. The van der Waals surface area contributed by atoms with Crippen molar-refractivity contribution in [3.63, 3.8) is 0 Å². The number of aromatic nitrogens is 2. The van der Waals surface area contributed by atoms with Crippen molar-refractivity contribution in [3.05, 3.63) is 84.3 Å². The molecule has 0 radical (unpaired) electrons. The van der Waals surface area contributed by atoms with Crippen LogP contribution in [0.15, 0.2) is 78.7 Å². The van der Waals surface area contributed by atoms with Crippen molar-refractivity contribution >= 4 is 17.6 Å². The number of hydrogen-bond donors (Lipinski definition) is 2. The smallest absolute Gasteiger partial charge is 0.251 e. The second-order valence-electron chi connectivity index (χ2n) is 11.9.